The zero-order valence-corrected chi connectivity index (χ0v) is 9.87. The Balaban J connectivity index is 2.15. The summed E-state index contributed by atoms with van der Waals surface area (Å²) in [4.78, 5) is 19.1. The average Bonchev–Trinajstić information content (AvgIpc) is 2.81. The zero-order valence-electron chi connectivity index (χ0n) is 9.87. The van der Waals surface area contributed by atoms with Crippen molar-refractivity contribution in [1.82, 2.24) is 14.5 Å². The third-order valence-electron chi connectivity index (χ3n) is 2.83. The van der Waals surface area contributed by atoms with Crippen molar-refractivity contribution in [1.29, 1.82) is 0 Å². The van der Waals surface area contributed by atoms with Gasteiger partial charge in [-0.3, -0.25) is 14.3 Å². The smallest absolute Gasteiger partial charge is 0.168 e. The van der Waals surface area contributed by atoms with Crippen molar-refractivity contribution >= 4 is 17.3 Å². The van der Waals surface area contributed by atoms with Crippen LogP contribution in [0.15, 0.2) is 42.9 Å². The molecule has 0 aliphatic carbocycles. The number of rotatable bonds is 2. The normalized spacial score (nSPS) is 10.7. The number of fused-ring (bicyclic) bond motifs is 1. The van der Waals surface area contributed by atoms with Crippen LogP contribution in [0.5, 0.6) is 0 Å². The van der Waals surface area contributed by atoms with E-state index in [1.165, 1.54) is 0 Å². The SMILES string of the molecule is Cc1cnc2c(ccn2-c2ccc(C=O)nc2)c1. The molecule has 0 bridgehead atoms. The average molecular weight is 237 g/mol. The largest absolute Gasteiger partial charge is 0.300 e. The minimum atomic E-state index is 0.430. The first-order chi connectivity index (χ1) is 8.78. The van der Waals surface area contributed by atoms with Gasteiger partial charge in [-0.1, -0.05) is 0 Å². The summed E-state index contributed by atoms with van der Waals surface area (Å²) in [5, 5.41) is 1.09. The second-order valence-corrected chi connectivity index (χ2v) is 4.17. The maximum absolute atomic E-state index is 10.6. The molecule has 0 fully saturated rings. The molecule has 4 heteroatoms. The molecule has 3 aromatic heterocycles. The highest BCUT2D eigenvalue weighted by Gasteiger charge is 2.05. The Kier molecular flexibility index (Phi) is 2.41. The van der Waals surface area contributed by atoms with Gasteiger partial charge in [-0.15, -0.1) is 0 Å². The molecule has 3 rings (SSSR count). The van der Waals surface area contributed by atoms with Gasteiger partial charge < -0.3 is 0 Å². The first-order valence-electron chi connectivity index (χ1n) is 5.63. The van der Waals surface area contributed by atoms with E-state index in [2.05, 4.69) is 16.0 Å². The molecule has 0 saturated heterocycles. The van der Waals surface area contributed by atoms with Gasteiger partial charge in [-0.2, -0.15) is 0 Å². The summed E-state index contributed by atoms with van der Waals surface area (Å²) in [5.41, 5.74) is 3.35. The van der Waals surface area contributed by atoms with Crippen LogP contribution < -0.4 is 0 Å². The fraction of sp³-hybridized carbons (Fsp3) is 0.0714. The summed E-state index contributed by atoms with van der Waals surface area (Å²) in [6, 6.07) is 7.66. The molecule has 3 aromatic rings. The molecule has 0 aliphatic rings. The Morgan fingerprint density at radius 2 is 2.06 bits per heavy atom. The van der Waals surface area contributed by atoms with Gasteiger partial charge in [0, 0.05) is 17.8 Å². The number of nitrogens with zero attached hydrogens (tertiary/aromatic N) is 3. The first kappa shape index (κ1) is 10.7. The van der Waals surface area contributed by atoms with Crippen molar-refractivity contribution in [2.45, 2.75) is 6.92 Å². The quantitative estimate of drug-likeness (QED) is 0.643. The Labute approximate surface area is 104 Å². The standard InChI is InChI=1S/C14H11N3O/c1-10-6-11-4-5-17(14(11)16-7-10)13-3-2-12(9-18)15-8-13/h2-9H,1H3. The maximum Gasteiger partial charge on any atom is 0.168 e. The third-order valence-corrected chi connectivity index (χ3v) is 2.83. The van der Waals surface area contributed by atoms with Crippen LogP contribution in [-0.2, 0) is 0 Å². The molecule has 0 radical (unpaired) electrons. The van der Waals surface area contributed by atoms with Crippen LogP contribution >= 0.6 is 0 Å². The van der Waals surface area contributed by atoms with E-state index in [1.54, 1.807) is 12.3 Å². The van der Waals surface area contributed by atoms with Gasteiger partial charge in [-0.05, 0) is 36.8 Å². The van der Waals surface area contributed by atoms with Crippen LogP contribution in [0.1, 0.15) is 16.1 Å². The monoisotopic (exact) mass is 237 g/mol. The van der Waals surface area contributed by atoms with Crippen molar-refractivity contribution < 1.29 is 4.79 Å². The number of aryl methyl sites for hydroxylation is 1. The Hall–Kier alpha value is -2.49. The second-order valence-electron chi connectivity index (χ2n) is 4.17. The fourth-order valence-corrected chi connectivity index (χ4v) is 1.95. The van der Waals surface area contributed by atoms with Crippen molar-refractivity contribution in [3.05, 3.63) is 54.1 Å². The molecule has 3 heterocycles. The molecule has 0 N–H and O–H groups in total. The van der Waals surface area contributed by atoms with Crippen molar-refractivity contribution in [3.8, 4) is 5.69 Å². The van der Waals surface area contributed by atoms with Crippen LogP contribution in [0.4, 0.5) is 0 Å². The van der Waals surface area contributed by atoms with E-state index in [0.717, 1.165) is 28.6 Å². The van der Waals surface area contributed by atoms with Gasteiger partial charge >= 0.3 is 0 Å². The summed E-state index contributed by atoms with van der Waals surface area (Å²) in [6.07, 6.45) is 6.20. The molecule has 88 valence electrons. The van der Waals surface area contributed by atoms with Gasteiger partial charge in [0.25, 0.3) is 0 Å². The molecule has 18 heavy (non-hydrogen) atoms. The van der Waals surface area contributed by atoms with E-state index in [0.29, 0.717) is 5.69 Å². The van der Waals surface area contributed by atoms with E-state index in [9.17, 15) is 4.79 Å². The van der Waals surface area contributed by atoms with Crippen molar-refractivity contribution in [2.75, 3.05) is 0 Å². The molecule has 4 nitrogen and oxygen atoms in total. The Morgan fingerprint density at radius 3 is 2.78 bits per heavy atom. The van der Waals surface area contributed by atoms with Crippen LogP contribution in [0.3, 0.4) is 0 Å². The van der Waals surface area contributed by atoms with E-state index in [-0.39, 0.29) is 0 Å². The molecule has 0 atom stereocenters. The van der Waals surface area contributed by atoms with Gasteiger partial charge in [0.1, 0.15) is 11.3 Å². The third kappa shape index (κ3) is 1.68. The highest BCUT2D eigenvalue weighted by molar-refractivity contribution is 5.78. The molecule has 0 saturated carbocycles. The highest BCUT2D eigenvalue weighted by Crippen LogP contribution is 2.18. The maximum atomic E-state index is 10.6. The molecular formula is C14H11N3O. The van der Waals surface area contributed by atoms with Crippen LogP contribution in [0.2, 0.25) is 0 Å². The lowest BCUT2D eigenvalue weighted by Gasteiger charge is -2.04. The molecule has 0 amide bonds. The van der Waals surface area contributed by atoms with Crippen molar-refractivity contribution in [3.63, 3.8) is 0 Å². The molecular weight excluding hydrogens is 226 g/mol. The minimum absolute atomic E-state index is 0.430. The first-order valence-corrected chi connectivity index (χ1v) is 5.63. The number of carbonyl (C=O) groups is 1. The number of hydrogen-bond donors (Lipinski definition) is 0. The van der Waals surface area contributed by atoms with Crippen LogP contribution in [-0.4, -0.2) is 20.8 Å². The predicted octanol–water partition coefficient (Wildman–Crippen LogP) is 2.54. The van der Waals surface area contributed by atoms with Gasteiger partial charge in [0.15, 0.2) is 6.29 Å². The minimum Gasteiger partial charge on any atom is -0.300 e. The Bertz CT molecular complexity index is 713. The summed E-state index contributed by atoms with van der Waals surface area (Å²) in [7, 11) is 0. The molecule has 0 spiro atoms. The topological polar surface area (TPSA) is 47.8 Å². The van der Waals surface area contributed by atoms with E-state index >= 15 is 0 Å². The summed E-state index contributed by atoms with van der Waals surface area (Å²) >= 11 is 0. The second kappa shape index (κ2) is 4.07. The number of hydrogen-bond acceptors (Lipinski definition) is 3. The van der Waals surface area contributed by atoms with E-state index in [1.807, 2.05) is 36.0 Å². The van der Waals surface area contributed by atoms with Gasteiger partial charge in [0.05, 0.1) is 11.9 Å². The Morgan fingerprint density at radius 1 is 1.17 bits per heavy atom. The highest BCUT2D eigenvalue weighted by atomic mass is 16.1. The van der Waals surface area contributed by atoms with Crippen LogP contribution in [0, 0.1) is 6.92 Å². The number of carbonyl (C=O) groups excluding carboxylic acids is 1. The lowest BCUT2D eigenvalue weighted by Crippen LogP contribution is -1.96. The molecule has 0 aromatic carbocycles. The predicted molar refractivity (Wildman–Crippen MR) is 69.0 cm³/mol. The van der Waals surface area contributed by atoms with E-state index in [4.69, 9.17) is 0 Å². The number of aromatic nitrogens is 3. The molecule has 0 unspecified atom stereocenters. The van der Waals surface area contributed by atoms with Crippen LogP contribution in [0.25, 0.3) is 16.7 Å². The molecule has 0 aliphatic heterocycles. The zero-order chi connectivity index (χ0) is 12.5. The fourth-order valence-electron chi connectivity index (χ4n) is 1.95. The van der Waals surface area contributed by atoms with E-state index < -0.39 is 0 Å². The number of pyridine rings is 2. The van der Waals surface area contributed by atoms with Crippen molar-refractivity contribution in [2.24, 2.45) is 0 Å². The lowest BCUT2D eigenvalue weighted by molar-refractivity contribution is 0.111. The lowest BCUT2D eigenvalue weighted by atomic mass is 10.2. The summed E-state index contributed by atoms with van der Waals surface area (Å²) in [5.74, 6) is 0. The van der Waals surface area contributed by atoms with Gasteiger partial charge in [-0.25, -0.2) is 4.98 Å². The summed E-state index contributed by atoms with van der Waals surface area (Å²) in [6.45, 7) is 2.02. The van der Waals surface area contributed by atoms with Gasteiger partial charge in [0.2, 0.25) is 0 Å². The number of aldehydes is 1. The summed E-state index contributed by atoms with van der Waals surface area (Å²) < 4.78 is 1.95.